The summed E-state index contributed by atoms with van der Waals surface area (Å²) in [5, 5.41) is 0. The van der Waals surface area contributed by atoms with Crippen molar-refractivity contribution in [2.75, 3.05) is 33.3 Å². The van der Waals surface area contributed by atoms with Gasteiger partial charge >= 0.3 is 0 Å². The zero-order valence-corrected chi connectivity index (χ0v) is 13.4. The molecule has 2 rings (SSSR count). The summed E-state index contributed by atoms with van der Waals surface area (Å²) in [5.74, 6) is 0.00996. The summed E-state index contributed by atoms with van der Waals surface area (Å²) in [4.78, 5) is 28.3. The van der Waals surface area contributed by atoms with Crippen LogP contribution in [-0.2, 0) is 14.3 Å². The third-order valence-corrected chi connectivity index (χ3v) is 4.61. The first-order valence-electron chi connectivity index (χ1n) is 7.77. The maximum Gasteiger partial charge on any atom is 0.252 e. The second-order valence-corrected chi connectivity index (χ2v) is 6.11. The molecule has 0 aromatic rings. The minimum Gasteiger partial charge on any atom is -0.372 e. The summed E-state index contributed by atoms with van der Waals surface area (Å²) < 4.78 is 5.25. The van der Waals surface area contributed by atoms with E-state index in [9.17, 15) is 9.59 Å². The molecule has 0 aromatic carbocycles. The van der Waals surface area contributed by atoms with Gasteiger partial charge in [0.25, 0.3) is 5.91 Å². The van der Waals surface area contributed by atoms with Crippen LogP contribution in [0.1, 0.15) is 39.5 Å². The molecular formula is C16H26N2O3. The van der Waals surface area contributed by atoms with Crippen LogP contribution in [0.15, 0.2) is 11.1 Å². The highest BCUT2D eigenvalue weighted by molar-refractivity contribution is 5.87. The number of amides is 2. The summed E-state index contributed by atoms with van der Waals surface area (Å²) in [7, 11) is 1.56. The number of hydrogen-bond acceptors (Lipinski definition) is 3. The molecule has 118 valence electrons. The fourth-order valence-corrected chi connectivity index (χ4v) is 2.94. The van der Waals surface area contributed by atoms with Gasteiger partial charge in [0.1, 0.15) is 6.10 Å². The Labute approximate surface area is 126 Å². The molecule has 2 aliphatic rings. The fraction of sp³-hybridized carbons (Fsp3) is 0.750. The molecule has 0 aromatic heterocycles. The minimum atomic E-state index is -0.384. The molecule has 0 bridgehead atoms. The van der Waals surface area contributed by atoms with E-state index in [4.69, 9.17) is 4.74 Å². The first-order valence-corrected chi connectivity index (χ1v) is 7.77. The lowest BCUT2D eigenvalue weighted by Gasteiger charge is -2.31. The topological polar surface area (TPSA) is 49.9 Å². The number of ether oxygens (including phenoxy) is 1. The minimum absolute atomic E-state index is 0.0381. The van der Waals surface area contributed by atoms with E-state index < -0.39 is 0 Å². The molecule has 0 aliphatic carbocycles. The van der Waals surface area contributed by atoms with Crippen LogP contribution in [0.25, 0.3) is 0 Å². The molecule has 0 radical (unpaired) electrons. The van der Waals surface area contributed by atoms with E-state index in [2.05, 4.69) is 13.8 Å². The largest absolute Gasteiger partial charge is 0.372 e. The maximum atomic E-state index is 12.4. The molecule has 5 heteroatoms. The summed E-state index contributed by atoms with van der Waals surface area (Å²) >= 11 is 0. The Morgan fingerprint density at radius 3 is 2.67 bits per heavy atom. The molecule has 2 amide bonds. The average Bonchev–Trinajstić information content (AvgIpc) is 2.64. The zero-order valence-electron chi connectivity index (χ0n) is 13.4. The maximum absolute atomic E-state index is 12.4. The van der Waals surface area contributed by atoms with E-state index in [1.165, 1.54) is 11.1 Å². The van der Waals surface area contributed by atoms with Gasteiger partial charge in [-0.25, -0.2) is 0 Å². The predicted octanol–water partition coefficient (Wildman–Crippen LogP) is 1.58. The number of rotatable bonds is 3. The van der Waals surface area contributed by atoms with Crippen molar-refractivity contribution < 1.29 is 14.3 Å². The van der Waals surface area contributed by atoms with Crippen molar-refractivity contribution in [1.82, 2.24) is 9.80 Å². The normalized spacial score (nSPS) is 24.3. The summed E-state index contributed by atoms with van der Waals surface area (Å²) in [6.45, 7) is 6.50. The van der Waals surface area contributed by atoms with Crippen molar-refractivity contribution in [2.45, 2.75) is 45.6 Å². The van der Waals surface area contributed by atoms with E-state index in [1.807, 2.05) is 4.90 Å². The number of methoxy groups -OCH3 is 1. The first-order chi connectivity index (χ1) is 10.0. The van der Waals surface area contributed by atoms with E-state index in [0.717, 1.165) is 32.2 Å². The second-order valence-electron chi connectivity index (χ2n) is 6.11. The molecule has 1 unspecified atom stereocenters. The summed E-state index contributed by atoms with van der Waals surface area (Å²) in [6, 6.07) is 0. The Morgan fingerprint density at radius 1 is 1.24 bits per heavy atom. The highest BCUT2D eigenvalue weighted by Crippen LogP contribution is 2.18. The molecule has 2 aliphatic heterocycles. The molecule has 1 fully saturated rings. The lowest BCUT2D eigenvalue weighted by atomic mass is 10.0. The van der Waals surface area contributed by atoms with Crippen LogP contribution in [0.2, 0.25) is 0 Å². The Hall–Kier alpha value is -1.36. The second kappa shape index (κ2) is 7.07. The van der Waals surface area contributed by atoms with Crippen LogP contribution in [0.4, 0.5) is 0 Å². The average molecular weight is 294 g/mol. The van der Waals surface area contributed by atoms with Crippen LogP contribution in [0.5, 0.6) is 0 Å². The number of carbonyl (C=O) groups is 2. The molecular weight excluding hydrogens is 268 g/mol. The van der Waals surface area contributed by atoms with Crippen LogP contribution >= 0.6 is 0 Å². The van der Waals surface area contributed by atoms with E-state index >= 15 is 0 Å². The van der Waals surface area contributed by atoms with Gasteiger partial charge < -0.3 is 14.5 Å². The number of carbonyl (C=O) groups excluding carboxylic acids is 2. The summed E-state index contributed by atoms with van der Waals surface area (Å²) in [5.41, 5.74) is 2.65. The molecule has 5 nitrogen and oxygen atoms in total. The van der Waals surface area contributed by atoms with Gasteiger partial charge in [0.05, 0.1) is 6.54 Å². The highest BCUT2D eigenvalue weighted by Gasteiger charge is 2.29. The van der Waals surface area contributed by atoms with Crippen molar-refractivity contribution in [3.8, 4) is 0 Å². The van der Waals surface area contributed by atoms with Crippen LogP contribution in [0, 0.1) is 0 Å². The molecule has 0 saturated carbocycles. The predicted molar refractivity (Wildman–Crippen MR) is 80.8 cm³/mol. The molecule has 0 spiro atoms. The quantitative estimate of drug-likeness (QED) is 0.743. The Bertz CT molecular complexity index is 445. The van der Waals surface area contributed by atoms with Crippen molar-refractivity contribution in [3.63, 3.8) is 0 Å². The Balaban J connectivity index is 1.97. The smallest absolute Gasteiger partial charge is 0.252 e. The highest BCUT2D eigenvalue weighted by atomic mass is 16.5. The van der Waals surface area contributed by atoms with Gasteiger partial charge in [-0.3, -0.25) is 9.59 Å². The lowest BCUT2D eigenvalue weighted by Crippen LogP contribution is -2.47. The van der Waals surface area contributed by atoms with Gasteiger partial charge in [-0.05, 0) is 39.5 Å². The van der Waals surface area contributed by atoms with Gasteiger partial charge in [0.15, 0.2) is 0 Å². The number of likely N-dealkylation sites (tertiary alicyclic amines) is 1. The number of hydrogen-bond donors (Lipinski definition) is 0. The van der Waals surface area contributed by atoms with Gasteiger partial charge in [-0.1, -0.05) is 11.1 Å². The van der Waals surface area contributed by atoms with Crippen molar-refractivity contribution in [1.29, 1.82) is 0 Å². The zero-order chi connectivity index (χ0) is 15.4. The van der Waals surface area contributed by atoms with Crippen LogP contribution in [0.3, 0.4) is 0 Å². The molecule has 1 atom stereocenters. The van der Waals surface area contributed by atoms with E-state index in [0.29, 0.717) is 13.1 Å². The van der Waals surface area contributed by atoms with Crippen LogP contribution < -0.4 is 0 Å². The van der Waals surface area contributed by atoms with E-state index in [-0.39, 0.29) is 24.5 Å². The SMILES string of the molecule is COC1CCCCN(CC(=O)N2CCC(C)=C(C)C2)C1=O. The van der Waals surface area contributed by atoms with E-state index in [1.54, 1.807) is 12.0 Å². The van der Waals surface area contributed by atoms with Crippen LogP contribution in [-0.4, -0.2) is 61.0 Å². The molecule has 0 N–H and O–H groups in total. The van der Waals surface area contributed by atoms with Gasteiger partial charge in [-0.15, -0.1) is 0 Å². The van der Waals surface area contributed by atoms with Gasteiger partial charge in [-0.2, -0.15) is 0 Å². The lowest BCUT2D eigenvalue weighted by molar-refractivity contribution is -0.146. The number of nitrogens with zero attached hydrogens (tertiary/aromatic N) is 2. The monoisotopic (exact) mass is 294 g/mol. The Kier molecular flexibility index (Phi) is 5.39. The van der Waals surface area contributed by atoms with Crippen molar-refractivity contribution in [3.05, 3.63) is 11.1 Å². The molecule has 21 heavy (non-hydrogen) atoms. The van der Waals surface area contributed by atoms with Crippen molar-refractivity contribution in [2.24, 2.45) is 0 Å². The van der Waals surface area contributed by atoms with Crippen molar-refractivity contribution >= 4 is 11.8 Å². The molecule has 2 heterocycles. The fourth-order valence-electron chi connectivity index (χ4n) is 2.94. The summed E-state index contributed by atoms with van der Waals surface area (Å²) in [6.07, 6.45) is 3.22. The third kappa shape index (κ3) is 3.84. The van der Waals surface area contributed by atoms with Gasteiger partial charge in [0.2, 0.25) is 5.91 Å². The standard InChI is InChI=1S/C16H26N2O3/c1-12-7-9-17(10-13(12)2)15(19)11-18-8-5-4-6-14(21-3)16(18)20/h14H,4-11H2,1-3H3. The molecule has 1 saturated heterocycles. The third-order valence-electron chi connectivity index (χ3n) is 4.61. The van der Waals surface area contributed by atoms with Gasteiger partial charge in [0, 0.05) is 26.7 Å². The Morgan fingerprint density at radius 2 is 2.00 bits per heavy atom. The first kappa shape index (κ1) is 16.0.